The fourth-order valence-electron chi connectivity index (χ4n) is 1.98. The van der Waals surface area contributed by atoms with Gasteiger partial charge in [-0.1, -0.05) is 25.1 Å². The summed E-state index contributed by atoms with van der Waals surface area (Å²) in [4.78, 5) is 4.19. The molecule has 2 heterocycles. The predicted molar refractivity (Wildman–Crippen MR) is 73.9 cm³/mol. The van der Waals surface area contributed by atoms with E-state index in [-0.39, 0.29) is 5.28 Å². The van der Waals surface area contributed by atoms with Crippen molar-refractivity contribution in [2.45, 2.75) is 13.3 Å². The standard InChI is InChI=1S/C14H12ClN3O/c1-2-10-8-9-18-12(10)13(16-14(15)17-18)19-11-6-4-3-5-7-11/h3-9H,2H2,1H3. The number of hydrogen-bond acceptors (Lipinski definition) is 3. The summed E-state index contributed by atoms with van der Waals surface area (Å²) in [5.74, 6) is 1.20. The topological polar surface area (TPSA) is 39.4 Å². The molecule has 96 valence electrons. The van der Waals surface area contributed by atoms with Gasteiger partial charge in [0.25, 0.3) is 0 Å². The normalized spacial score (nSPS) is 10.8. The molecule has 1 aromatic carbocycles. The molecule has 4 nitrogen and oxygen atoms in total. The summed E-state index contributed by atoms with van der Waals surface area (Å²) in [6.07, 6.45) is 2.74. The number of para-hydroxylation sites is 1. The zero-order valence-corrected chi connectivity index (χ0v) is 11.1. The smallest absolute Gasteiger partial charge is 0.248 e. The number of rotatable bonds is 3. The molecule has 19 heavy (non-hydrogen) atoms. The fourth-order valence-corrected chi connectivity index (χ4v) is 2.14. The molecule has 5 heteroatoms. The molecule has 0 saturated carbocycles. The van der Waals surface area contributed by atoms with Crippen LogP contribution in [0, 0.1) is 0 Å². The van der Waals surface area contributed by atoms with Gasteiger partial charge >= 0.3 is 0 Å². The van der Waals surface area contributed by atoms with Gasteiger partial charge in [0.05, 0.1) is 0 Å². The van der Waals surface area contributed by atoms with Gasteiger partial charge in [-0.2, -0.15) is 4.98 Å². The highest BCUT2D eigenvalue weighted by molar-refractivity contribution is 6.28. The minimum Gasteiger partial charge on any atom is -0.437 e. The van der Waals surface area contributed by atoms with Crippen molar-refractivity contribution in [3.8, 4) is 11.6 Å². The lowest BCUT2D eigenvalue weighted by atomic mass is 10.2. The summed E-state index contributed by atoms with van der Waals surface area (Å²) >= 11 is 5.92. The Labute approximate surface area is 115 Å². The maximum absolute atomic E-state index is 5.92. The molecule has 0 fully saturated rings. The lowest BCUT2D eigenvalue weighted by Crippen LogP contribution is -1.99. The van der Waals surface area contributed by atoms with Crippen LogP contribution in [0.1, 0.15) is 12.5 Å². The molecule has 0 atom stereocenters. The Morgan fingerprint density at radius 1 is 1.21 bits per heavy atom. The molecule has 2 aromatic heterocycles. The summed E-state index contributed by atoms with van der Waals surface area (Å²) < 4.78 is 7.52. The van der Waals surface area contributed by atoms with Crippen molar-refractivity contribution in [1.29, 1.82) is 0 Å². The first-order chi connectivity index (χ1) is 9.28. The largest absolute Gasteiger partial charge is 0.437 e. The number of fused-ring (bicyclic) bond motifs is 1. The molecule has 0 spiro atoms. The zero-order valence-electron chi connectivity index (χ0n) is 10.4. The van der Waals surface area contributed by atoms with Gasteiger partial charge in [-0.05, 0) is 41.8 Å². The number of aromatic nitrogens is 3. The van der Waals surface area contributed by atoms with Gasteiger partial charge in [-0.25, -0.2) is 4.52 Å². The molecule has 3 aromatic rings. The van der Waals surface area contributed by atoms with Gasteiger partial charge in [0.15, 0.2) is 0 Å². The van der Waals surface area contributed by atoms with Crippen LogP contribution in [0.4, 0.5) is 0 Å². The van der Waals surface area contributed by atoms with Crippen molar-refractivity contribution < 1.29 is 4.74 Å². The Morgan fingerprint density at radius 2 is 2.00 bits per heavy atom. The van der Waals surface area contributed by atoms with E-state index in [2.05, 4.69) is 17.0 Å². The number of halogens is 1. The molecule has 3 rings (SSSR count). The van der Waals surface area contributed by atoms with Gasteiger partial charge in [0.2, 0.25) is 11.2 Å². The summed E-state index contributed by atoms with van der Waals surface area (Å²) in [6.45, 7) is 2.08. The summed E-state index contributed by atoms with van der Waals surface area (Å²) in [5, 5.41) is 4.30. The highest BCUT2D eigenvalue weighted by atomic mass is 35.5. The minimum absolute atomic E-state index is 0.164. The number of ether oxygens (including phenoxy) is 1. The second kappa shape index (κ2) is 4.90. The Morgan fingerprint density at radius 3 is 2.74 bits per heavy atom. The molecule has 0 aliphatic rings. The average Bonchev–Trinajstić information content (AvgIpc) is 2.82. The van der Waals surface area contributed by atoms with Gasteiger partial charge in [-0.3, -0.25) is 0 Å². The van der Waals surface area contributed by atoms with Crippen LogP contribution in [0.2, 0.25) is 5.28 Å². The van der Waals surface area contributed by atoms with Crippen LogP contribution < -0.4 is 4.74 Å². The minimum atomic E-state index is 0.164. The van der Waals surface area contributed by atoms with E-state index < -0.39 is 0 Å². The molecule has 0 aliphatic carbocycles. The van der Waals surface area contributed by atoms with E-state index >= 15 is 0 Å². The van der Waals surface area contributed by atoms with Crippen LogP contribution in [-0.4, -0.2) is 14.6 Å². The van der Waals surface area contributed by atoms with Crippen LogP contribution in [0.25, 0.3) is 5.52 Å². The Balaban J connectivity index is 2.13. The van der Waals surface area contributed by atoms with E-state index in [4.69, 9.17) is 16.3 Å². The first-order valence-electron chi connectivity index (χ1n) is 6.04. The third-order valence-electron chi connectivity index (χ3n) is 2.88. The maximum Gasteiger partial charge on any atom is 0.248 e. The monoisotopic (exact) mass is 273 g/mol. The van der Waals surface area contributed by atoms with E-state index in [0.717, 1.165) is 23.3 Å². The van der Waals surface area contributed by atoms with Crippen molar-refractivity contribution in [2.75, 3.05) is 0 Å². The Bertz CT molecular complexity index is 709. The fraction of sp³-hybridized carbons (Fsp3) is 0.143. The van der Waals surface area contributed by atoms with Crippen molar-refractivity contribution in [2.24, 2.45) is 0 Å². The van der Waals surface area contributed by atoms with Crippen LogP contribution in [0.15, 0.2) is 42.6 Å². The highest BCUT2D eigenvalue weighted by Gasteiger charge is 2.13. The second-order valence-corrected chi connectivity index (χ2v) is 4.43. The molecular weight excluding hydrogens is 262 g/mol. The lowest BCUT2D eigenvalue weighted by Gasteiger charge is -2.07. The second-order valence-electron chi connectivity index (χ2n) is 4.09. The van der Waals surface area contributed by atoms with Gasteiger partial charge in [0.1, 0.15) is 11.3 Å². The number of nitrogens with zero attached hydrogens (tertiary/aromatic N) is 3. The number of hydrogen-bond donors (Lipinski definition) is 0. The van der Waals surface area contributed by atoms with E-state index in [0.29, 0.717) is 5.88 Å². The average molecular weight is 274 g/mol. The van der Waals surface area contributed by atoms with Crippen molar-refractivity contribution in [1.82, 2.24) is 14.6 Å². The van der Waals surface area contributed by atoms with Crippen molar-refractivity contribution in [3.05, 3.63) is 53.4 Å². The SMILES string of the molecule is CCc1ccn2nc(Cl)nc(Oc3ccccc3)c12. The molecule has 0 N–H and O–H groups in total. The Kier molecular flexibility index (Phi) is 3.09. The molecule has 0 amide bonds. The first-order valence-corrected chi connectivity index (χ1v) is 6.42. The van der Waals surface area contributed by atoms with E-state index in [9.17, 15) is 0 Å². The van der Waals surface area contributed by atoms with Crippen LogP contribution in [0.5, 0.6) is 11.6 Å². The van der Waals surface area contributed by atoms with Gasteiger partial charge in [0, 0.05) is 6.20 Å². The number of benzene rings is 1. The van der Waals surface area contributed by atoms with Crippen molar-refractivity contribution in [3.63, 3.8) is 0 Å². The van der Waals surface area contributed by atoms with Crippen LogP contribution >= 0.6 is 11.6 Å². The molecular formula is C14H12ClN3O. The molecule has 0 saturated heterocycles. The van der Waals surface area contributed by atoms with Gasteiger partial charge in [-0.15, -0.1) is 5.10 Å². The van der Waals surface area contributed by atoms with Crippen molar-refractivity contribution >= 4 is 17.1 Å². The number of aryl methyl sites for hydroxylation is 1. The van der Waals surface area contributed by atoms with Gasteiger partial charge < -0.3 is 4.74 Å². The maximum atomic E-state index is 5.92. The zero-order chi connectivity index (χ0) is 13.2. The summed E-state index contributed by atoms with van der Waals surface area (Å²) in [7, 11) is 0. The highest BCUT2D eigenvalue weighted by Crippen LogP contribution is 2.27. The summed E-state index contributed by atoms with van der Waals surface area (Å²) in [5.41, 5.74) is 1.98. The van der Waals surface area contributed by atoms with E-state index in [1.54, 1.807) is 4.52 Å². The van der Waals surface area contributed by atoms with E-state index in [1.165, 1.54) is 0 Å². The molecule has 0 bridgehead atoms. The Hall–Kier alpha value is -2.07. The van der Waals surface area contributed by atoms with Crippen LogP contribution in [0.3, 0.4) is 0 Å². The predicted octanol–water partition coefficient (Wildman–Crippen LogP) is 3.74. The molecule has 0 unspecified atom stereocenters. The molecule has 0 radical (unpaired) electrons. The molecule has 0 aliphatic heterocycles. The third kappa shape index (κ3) is 2.27. The third-order valence-corrected chi connectivity index (χ3v) is 3.04. The van der Waals surface area contributed by atoms with E-state index in [1.807, 2.05) is 42.6 Å². The lowest BCUT2D eigenvalue weighted by molar-refractivity contribution is 0.463. The summed E-state index contributed by atoms with van der Waals surface area (Å²) in [6, 6.07) is 11.5. The quantitative estimate of drug-likeness (QED) is 0.730. The van der Waals surface area contributed by atoms with Crippen LogP contribution in [-0.2, 0) is 6.42 Å². The first kappa shape index (κ1) is 12.0.